The van der Waals surface area contributed by atoms with Gasteiger partial charge in [-0.25, -0.2) is 18.5 Å². The number of aromatic amines is 1. The Balaban J connectivity index is 2.06. The van der Waals surface area contributed by atoms with Crippen LogP contribution < -0.4 is 5.14 Å². The Hall–Kier alpha value is -1.41. The average molecular weight is 244 g/mol. The molecule has 7 nitrogen and oxygen atoms in total. The van der Waals surface area contributed by atoms with Gasteiger partial charge in [-0.15, -0.1) is 0 Å². The number of aromatic nitrogens is 2. The molecule has 1 aliphatic heterocycles. The van der Waals surface area contributed by atoms with Gasteiger partial charge < -0.3 is 9.88 Å². The second-order valence-electron chi connectivity index (χ2n) is 3.77. The van der Waals surface area contributed by atoms with Crippen molar-refractivity contribution in [2.24, 2.45) is 5.14 Å². The Morgan fingerprint density at radius 1 is 1.62 bits per heavy atom. The Kier molecular flexibility index (Phi) is 2.68. The number of rotatable bonds is 3. The van der Waals surface area contributed by atoms with E-state index in [0.717, 1.165) is 5.69 Å². The van der Waals surface area contributed by atoms with E-state index in [1.165, 1.54) is 11.2 Å². The van der Waals surface area contributed by atoms with E-state index in [2.05, 4.69) is 9.97 Å². The number of nitrogens with one attached hydrogen (secondary N) is 1. The lowest BCUT2D eigenvalue weighted by atomic mass is 10.4. The van der Waals surface area contributed by atoms with Crippen LogP contribution in [0.15, 0.2) is 12.5 Å². The van der Waals surface area contributed by atoms with E-state index >= 15 is 0 Å². The number of carbonyl (C=O) groups excluding carboxylic acids is 1. The highest BCUT2D eigenvalue weighted by Gasteiger charge is 2.36. The van der Waals surface area contributed by atoms with Crippen molar-refractivity contribution in [1.82, 2.24) is 14.9 Å². The predicted octanol–water partition coefficient (Wildman–Crippen LogP) is -1.20. The van der Waals surface area contributed by atoms with Crippen molar-refractivity contribution in [3.8, 4) is 0 Å². The van der Waals surface area contributed by atoms with Gasteiger partial charge in [0.05, 0.1) is 18.6 Å². The minimum absolute atomic E-state index is 0.0348. The van der Waals surface area contributed by atoms with Gasteiger partial charge in [0.25, 0.3) is 0 Å². The standard InChI is InChI=1S/C8H12N4O3S/c9-16(14,15)7-1-8(13)12(4-7)3-6-2-10-5-11-6/h2,5,7H,1,3-4H2,(H,10,11)(H2,9,14,15). The monoisotopic (exact) mass is 244 g/mol. The second kappa shape index (κ2) is 3.87. The molecular formula is C8H12N4O3S. The topological polar surface area (TPSA) is 109 Å². The van der Waals surface area contributed by atoms with Gasteiger partial charge in [-0.3, -0.25) is 4.79 Å². The fourth-order valence-electron chi connectivity index (χ4n) is 1.69. The molecule has 3 N–H and O–H groups in total. The lowest BCUT2D eigenvalue weighted by molar-refractivity contribution is -0.128. The summed E-state index contributed by atoms with van der Waals surface area (Å²) >= 11 is 0. The normalized spacial score (nSPS) is 21.7. The van der Waals surface area contributed by atoms with Crippen LogP contribution in [0.1, 0.15) is 12.1 Å². The fourth-order valence-corrected chi connectivity index (χ4v) is 2.45. The highest BCUT2D eigenvalue weighted by molar-refractivity contribution is 7.89. The minimum atomic E-state index is -3.64. The lowest BCUT2D eigenvalue weighted by Crippen LogP contribution is -2.31. The van der Waals surface area contributed by atoms with E-state index in [4.69, 9.17) is 5.14 Å². The van der Waals surface area contributed by atoms with Gasteiger partial charge in [0.2, 0.25) is 15.9 Å². The third-order valence-electron chi connectivity index (χ3n) is 2.56. The molecule has 0 aromatic carbocycles. The summed E-state index contributed by atoms with van der Waals surface area (Å²) in [6, 6.07) is 0. The van der Waals surface area contributed by atoms with Crippen molar-refractivity contribution in [3.05, 3.63) is 18.2 Å². The molecule has 1 aromatic rings. The number of nitrogens with zero attached hydrogens (tertiary/aromatic N) is 2. The molecule has 1 atom stereocenters. The van der Waals surface area contributed by atoms with Crippen molar-refractivity contribution in [2.75, 3.05) is 6.54 Å². The number of hydrogen-bond donors (Lipinski definition) is 2. The maximum atomic E-state index is 11.5. The highest BCUT2D eigenvalue weighted by Crippen LogP contribution is 2.18. The Bertz CT molecular complexity index is 481. The van der Waals surface area contributed by atoms with E-state index in [1.807, 2.05) is 0 Å². The first-order valence-electron chi connectivity index (χ1n) is 4.73. The highest BCUT2D eigenvalue weighted by atomic mass is 32.2. The molecule has 16 heavy (non-hydrogen) atoms. The molecule has 1 fully saturated rings. The molecule has 88 valence electrons. The van der Waals surface area contributed by atoms with Crippen molar-refractivity contribution in [2.45, 2.75) is 18.2 Å². The average Bonchev–Trinajstić information content (AvgIpc) is 2.76. The summed E-state index contributed by atoms with van der Waals surface area (Å²) in [5.74, 6) is -0.200. The number of carbonyl (C=O) groups is 1. The SMILES string of the molecule is NS(=O)(=O)C1CC(=O)N(Cc2cnc[nH]2)C1. The first-order chi connectivity index (χ1) is 7.47. The van der Waals surface area contributed by atoms with Gasteiger partial charge >= 0.3 is 0 Å². The molecular weight excluding hydrogens is 232 g/mol. The van der Waals surface area contributed by atoms with Crippen LogP contribution in [0.25, 0.3) is 0 Å². The molecule has 1 aromatic heterocycles. The largest absolute Gasteiger partial charge is 0.347 e. The van der Waals surface area contributed by atoms with E-state index in [9.17, 15) is 13.2 Å². The maximum Gasteiger partial charge on any atom is 0.224 e. The summed E-state index contributed by atoms with van der Waals surface area (Å²) in [5, 5.41) is 4.22. The number of primary sulfonamides is 1. The second-order valence-corrected chi connectivity index (χ2v) is 5.61. The molecule has 2 rings (SSSR count). The summed E-state index contributed by atoms with van der Waals surface area (Å²) in [4.78, 5) is 19.7. The molecule has 1 amide bonds. The summed E-state index contributed by atoms with van der Waals surface area (Å²) in [6.45, 7) is 0.488. The molecule has 0 radical (unpaired) electrons. The number of imidazole rings is 1. The zero-order valence-corrected chi connectivity index (χ0v) is 9.27. The Morgan fingerprint density at radius 3 is 2.88 bits per heavy atom. The van der Waals surface area contributed by atoms with Crippen LogP contribution in [0.2, 0.25) is 0 Å². The fraction of sp³-hybridized carbons (Fsp3) is 0.500. The molecule has 1 aliphatic rings. The minimum Gasteiger partial charge on any atom is -0.347 e. The third-order valence-corrected chi connectivity index (χ3v) is 3.80. The van der Waals surface area contributed by atoms with Crippen LogP contribution in [0.5, 0.6) is 0 Å². The van der Waals surface area contributed by atoms with Crippen LogP contribution in [0.3, 0.4) is 0 Å². The van der Waals surface area contributed by atoms with Gasteiger partial charge in [-0.05, 0) is 0 Å². The van der Waals surface area contributed by atoms with E-state index in [1.54, 1.807) is 6.20 Å². The van der Waals surface area contributed by atoms with Crippen LogP contribution in [-0.2, 0) is 21.4 Å². The van der Waals surface area contributed by atoms with Crippen LogP contribution in [-0.4, -0.2) is 41.0 Å². The van der Waals surface area contributed by atoms with Crippen molar-refractivity contribution >= 4 is 15.9 Å². The molecule has 0 bridgehead atoms. The Labute approximate surface area is 92.7 Å². The zero-order chi connectivity index (χ0) is 11.8. The van der Waals surface area contributed by atoms with Crippen molar-refractivity contribution in [1.29, 1.82) is 0 Å². The third kappa shape index (κ3) is 2.22. The van der Waals surface area contributed by atoms with Gasteiger partial charge in [-0.1, -0.05) is 0 Å². The van der Waals surface area contributed by atoms with Crippen LogP contribution >= 0.6 is 0 Å². The summed E-state index contributed by atoms with van der Waals surface area (Å²) in [7, 11) is -3.64. The van der Waals surface area contributed by atoms with Crippen LogP contribution in [0, 0.1) is 0 Å². The summed E-state index contributed by atoms with van der Waals surface area (Å²) in [5.41, 5.74) is 0.767. The zero-order valence-electron chi connectivity index (χ0n) is 8.46. The molecule has 1 unspecified atom stereocenters. The van der Waals surface area contributed by atoms with Gasteiger partial charge in [0.15, 0.2) is 0 Å². The smallest absolute Gasteiger partial charge is 0.224 e. The molecule has 0 aliphatic carbocycles. The Morgan fingerprint density at radius 2 is 2.38 bits per heavy atom. The van der Waals surface area contributed by atoms with E-state index in [-0.39, 0.29) is 18.9 Å². The van der Waals surface area contributed by atoms with Gasteiger partial charge in [-0.2, -0.15) is 0 Å². The lowest BCUT2D eigenvalue weighted by Gasteiger charge is -2.14. The molecule has 2 heterocycles. The number of nitrogens with two attached hydrogens (primary N) is 1. The quantitative estimate of drug-likeness (QED) is 0.695. The molecule has 8 heteroatoms. The molecule has 0 spiro atoms. The van der Waals surface area contributed by atoms with Crippen molar-refractivity contribution in [3.63, 3.8) is 0 Å². The van der Waals surface area contributed by atoms with E-state index in [0.29, 0.717) is 6.54 Å². The van der Waals surface area contributed by atoms with Crippen molar-refractivity contribution < 1.29 is 13.2 Å². The summed E-state index contributed by atoms with van der Waals surface area (Å²) < 4.78 is 22.2. The van der Waals surface area contributed by atoms with Gasteiger partial charge in [0.1, 0.15) is 5.25 Å². The number of likely N-dealkylation sites (tertiary alicyclic amines) is 1. The number of H-pyrrole nitrogens is 1. The number of amides is 1. The molecule has 1 saturated heterocycles. The summed E-state index contributed by atoms with van der Waals surface area (Å²) in [6.07, 6.45) is 3.07. The van der Waals surface area contributed by atoms with E-state index < -0.39 is 15.3 Å². The predicted molar refractivity (Wildman–Crippen MR) is 55.5 cm³/mol. The first-order valence-corrected chi connectivity index (χ1v) is 6.34. The van der Waals surface area contributed by atoms with Gasteiger partial charge in [0, 0.05) is 19.2 Å². The first kappa shape index (κ1) is 11.1. The molecule has 0 saturated carbocycles. The maximum absolute atomic E-state index is 11.5. The number of sulfonamides is 1. The number of hydrogen-bond acceptors (Lipinski definition) is 4. The van der Waals surface area contributed by atoms with Crippen LogP contribution in [0.4, 0.5) is 0 Å².